The lowest BCUT2D eigenvalue weighted by molar-refractivity contribution is -0.294. The molecule has 1 fully saturated rings. The lowest BCUT2D eigenvalue weighted by Crippen LogP contribution is -2.65. The lowest BCUT2D eigenvalue weighted by atomic mass is 9.93. The molecule has 3 aromatic rings. The monoisotopic (exact) mass is 821 g/mol. The van der Waals surface area contributed by atoms with Crippen LogP contribution in [0.1, 0.15) is 106 Å². The van der Waals surface area contributed by atoms with Crippen molar-refractivity contribution in [3.05, 3.63) is 59.3 Å². The zero-order valence-corrected chi connectivity index (χ0v) is 36.2. The molecule has 2 N–H and O–H groups in total. The molecular weight excluding hydrogens is 762 g/mol. The molecule has 15 nitrogen and oxygen atoms in total. The van der Waals surface area contributed by atoms with E-state index >= 15 is 0 Å². The molecule has 59 heavy (non-hydrogen) atoms. The molecule has 4 rings (SSSR count). The van der Waals surface area contributed by atoms with Crippen molar-refractivity contribution in [2.45, 2.75) is 133 Å². The van der Waals surface area contributed by atoms with Crippen molar-refractivity contribution in [1.82, 2.24) is 15.2 Å². The number of carbonyl (C=O) groups is 5. The first-order chi connectivity index (χ1) is 27.3. The Bertz CT molecular complexity index is 2010. The van der Waals surface area contributed by atoms with Crippen molar-refractivity contribution in [2.75, 3.05) is 6.61 Å². The summed E-state index contributed by atoms with van der Waals surface area (Å²) in [6.45, 7) is 19.5. The van der Waals surface area contributed by atoms with Crippen LogP contribution in [0.3, 0.4) is 0 Å². The van der Waals surface area contributed by atoms with Gasteiger partial charge in [0.05, 0.1) is 33.5 Å². The molecule has 1 saturated heterocycles. The third-order valence-corrected chi connectivity index (χ3v) is 9.16. The SMILES string of the molecule is CC(C)(C)C(=O)OC[C@H]1OC(Oc2n[nH]c3nccc(CCc4ccc(/C=C/CC(=O)O)cc4)c23)[C@H](OC(=O)C(C)(C)C)[C@@H](OC(=O)C(C)(C)C)[C@@H]1OC(=O)C(C)(C)C. The second-order valence-electron chi connectivity index (χ2n) is 18.8. The molecule has 15 heteroatoms. The highest BCUT2D eigenvalue weighted by Crippen LogP contribution is 2.36. The van der Waals surface area contributed by atoms with E-state index in [1.54, 1.807) is 101 Å². The van der Waals surface area contributed by atoms with Crippen LogP contribution in [0, 0.1) is 21.7 Å². The van der Waals surface area contributed by atoms with Crippen LogP contribution in [-0.4, -0.2) is 87.4 Å². The van der Waals surface area contributed by atoms with Gasteiger partial charge in [-0.2, -0.15) is 0 Å². The Balaban J connectivity index is 1.78. The highest BCUT2D eigenvalue weighted by Gasteiger charge is 2.56. The maximum atomic E-state index is 13.7. The van der Waals surface area contributed by atoms with Gasteiger partial charge in [-0.05, 0) is 119 Å². The van der Waals surface area contributed by atoms with Gasteiger partial charge in [0.25, 0.3) is 0 Å². The first-order valence-electron chi connectivity index (χ1n) is 19.7. The predicted molar refractivity (Wildman–Crippen MR) is 217 cm³/mol. The van der Waals surface area contributed by atoms with E-state index in [0.717, 1.165) is 16.7 Å². The number of hydrogen-bond acceptors (Lipinski definition) is 13. The lowest BCUT2D eigenvalue weighted by Gasteiger charge is -2.45. The number of aromatic nitrogens is 3. The van der Waals surface area contributed by atoms with Gasteiger partial charge in [-0.15, -0.1) is 5.10 Å². The molecule has 3 heterocycles. The smallest absolute Gasteiger partial charge is 0.311 e. The Hall–Kier alpha value is -5.31. The van der Waals surface area contributed by atoms with E-state index in [2.05, 4.69) is 15.2 Å². The van der Waals surface area contributed by atoms with Gasteiger partial charge in [0.2, 0.25) is 18.3 Å². The quantitative estimate of drug-likeness (QED) is 0.135. The van der Waals surface area contributed by atoms with Crippen LogP contribution in [0.2, 0.25) is 0 Å². The number of esters is 4. The minimum atomic E-state index is -1.54. The number of carboxylic acid groups (broad SMARTS) is 1. The summed E-state index contributed by atoms with van der Waals surface area (Å²) in [4.78, 5) is 69.3. The number of carbonyl (C=O) groups excluding carboxylic acids is 4. The minimum absolute atomic E-state index is 0.0419. The number of rotatable bonds is 13. The van der Waals surface area contributed by atoms with Crippen LogP contribution in [0.15, 0.2) is 42.6 Å². The Morgan fingerprint density at radius 1 is 0.729 bits per heavy atom. The topological polar surface area (TPSA) is 203 Å². The zero-order valence-electron chi connectivity index (χ0n) is 36.2. The number of hydrogen-bond donors (Lipinski definition) is 2. The average Bonchev–Trinajstić information content (AvgIpc) is 3.53. The largest absolute Gasteiger partial charge is 0.481 e. The number of aliphatic carboxylic acids is 1. The summed E-state index contributed by atoms with van der Waals surface area (Å²) >= 11 is 0. The van der Waals surface area contributed by atoms with Gasteiger partial charge in [0, 0.05) is 6.20 Å². The van der Waals surface area contributed by atoms with Crippen molar-refractivity contribution in [2.24, 2.45) is 21.7 Å². The van der Waals surface area contributed by atoms with Crippen LogP contribution < -0.4 is 4.74 Å². The van der Waals surface area contributed by atoms with Crippen molar-refractivity contribution in [1.29, 1.82) is 0 Å². The molecule has 1 aliphatic heterocycles. The molecule has 322 valence electrons. The highest BCUT2D eigenvalue weighted by atomic mass is 16.7. The molecule has 1 aromatic carbocycles. The van der Waals surface area contributed by atoms with Gasteiger partial charge in [-0.1, -0.05) is 36.4 Å². The minimum Gasteiger partial charge on any atom is -0.481 e. The Morgan fingerprint density at radius 2 is 1.27 bits per heavy atom. The first kappa shape index (κ1) is 46.4. The van der Waals surface area contributed by atoms with Crippen molar-refractivity contribution >= 4 is 47.0 Å². The van der Waals surface area contributed by atoms with Crippen LogP contribution in [0.5, 0.6) is 5.88 Å². The summed E-state index contributed by atoms with van der Waals surface area (Å²) in [7, 11) is 0. The summed E-state index contributed by atoms with van der Waals surface area (Å²) in [6.07, 6.45) is -1.21. The van der Waals surface area contributed by atoms with Crippen LogP contribution in [0.25, 0.3) is 17.1 Å². The first-order valence-corrected chi connectivity index (χ1v) is 19.7. The molecule has 1 unspecified atom stereocenters. The standard InChI is InChI=1S/C44H59N3O12/c1-41(2,3)37(50)54-24-28-31(56-38(51)42(4,5)6)32(57-39(52)43(7,8)9)33(58-40(53)44(10,11)12)36(55-28)59-35-30-27(22-23-45-34(30)46-47-35)21-20-26-18-16-25(17-19-26)14-13-15-29(48)49/h13-14,16-19,22-23,28,31-33,36H,15,20-21,24H2,1-12H3,(H,48,49)(H,45,46,47)/b14-13+/t28-,31-,32+,33-,36?/m1/s1. The van der Waals surface area contributed by atoms with Gasteiger partial charge >= 0.3 is 29.8 Å². The van der Waals surface area contributed by atoms with E-state index in [1.165, 1.54) is 0 Å². The number of nitrogens with one attached hydrogen (secondary N) is 1. The predicted octanol–water partition coefficient (Wildman–Crippen LogP) is 6.80. The fourth-order valence-electron chi connectivity index (χ4n) is 5.54. The number of pyridine rings is 1. The summed E-state index contributed by atoms with van der Waals surface area (Å²) in [5, 5.41) is 16.7. The molecule has 0 aliphatic carbocycles. The van der Waals surface area contributed by atoms with Crippen LogP contribution >= 0.6 is 0 Å². The van der Waals surface area contributed by atoms with Gasteiger partial charge in [0.1, 0.15) is 12.7 Å². The van der Waals surface area contributed by atoms with Crippen LogP contribution in [-0.2, 0) is 60.5 Å². The summed E-state index contributed by atoms with van der Waals surface area (Å²) < 4.78 is 37.0. The fraction of sp³-hybridized carbons (Fsp3) is 0.568. The summed E-state index contributed by atoms with van der Waals surface area (Å²) in [5.74, 6) is -3.48. The van der Waals surface area contributed by atoms with Gasteiger partial charge < -0.3 is 33.5 Å². The number of aryl methyl sites for hydroxylation is 2. The number of nitrogens with zero attached hydrogens (tertiary/aromatic N) is 2. The average molecular weight is 822 g/mol. The number of benzene rings is 1. The molecule has 0 spiro atoms. The van der Waals surface area contributed by atoms with E-state index in [4.69, 9.17) is 33.5 Å². The second-order valence-corrected chi connectivity index (χ2v) is 18.8. The Morgan fingerprint density at radius 3 is 1.81 bits per heavy atom. The van der Waals surface area contributed by atoms with Gasteiger partial charge in [-0.25, -0.2) is 4.98 Å². The van der Waals surface area contributed by atoms with Gasteiger partial charge in [-0.3, -0.25) is 29.1 Å². The normalized spacial score (nSPS) is 20.2. The van der Waals surface area contributed by atoms with E-state index in [-0.39, 0.29) is 12.3 Å². The van der Waals surface area contributed by atoms with Crippen molar-refractivity contribution < 1.29 is 57.5 Å². The molecule has 0 saturated carbocycles. The molecule has 0 radical (unpaired) electrons. The van der Waals surface area contributed by atoms with E-state index in [9.17, 15) is 24.0 Å². The third-order valence-electron chi connectivity index (χ3n) is 9.16. The van der Waals surface area contributed by atoms with E-state index < -0.39 is 88.8 Å². The molecular formula is C44H59N3O12. The van der Waals surface area contributed by atoms with Crippen molar-refractivity contribution in [3.8, 4) is 5.88 Å². The summed E-state index contributed by atoms with van der Waals surface area (Å²) in [5.41, 5.74) is -0.898. The number of H-pyrrole nitrogens is 1. The molecule has 0 amide bonds. The van der Waals surface area contributed by atoms with E-state index in [0.29, 0.717) is 23.9 Å². The molecule has 5 atom stereocenters. The molecule has 2 aromatic heterocycles. The fourth-order valence-corrected chi connectivity index (χ4v) is 5.54. The number of carboxylic acids is 1. The van der Waals surface area contributed by atoms with Crippen molar-refractivity contribution in [3.63, 3.8) is 0 Å². The number of fused-ring (bicyclic) bond motifs is 1. The maximum Gasteiger partial charge on any atom is 0.311 e. The Kier molecular flexibility index (Phi) is 14.4. The summed E-state index contributed by atoms with van der Waals surface area (Å²) in [6, 6.07) is 9.57. The van der Waals surface area contributed by atoms with E-state index in [1.807, 2.05) is 30.3 Å². The zero-order chi connectivity index (χ0) is 44.1. The second kappa shape index (κ2) is 18.3. The third kappa shape index (κ3) is 12.6. The van der Waals surface area contributed by atoms with Gasteiger partial charge in [0.15, 0.2) is 17.9 Å². The van der Waals surface area contributed by atoms with Crippen LogP contribution in [0.4, 0.5) is 0 Å². The molecule has 0 bridgehead atoms. The number of ether oxygens (including phenoxy) is 6. The Labute approximate surface area is 345 Å². The maximum absolute atomic E-state index is 13.7. The highest BCUT2D eigenvalue weighted by molar-refractivity contribution is 5.84. The molecule has 1 aliphatic rings. The number of aromatic amines is 1.